The van der Waals surface area contributed by atoms with Crippen molar-refractivity contribution in [2.75, 3.05) is 18.1 Å². The topological polar surface area (TPSA) is 52.6 Å². The molecule has 0 amide bonds. The number of benzene rings is 1. The Morgan fingerprint density at radius 3 is 2.38 bits per heavy atom. The normalized spacial score (nSPS) is 14.7. The van der Waals surface area contributed by atoms with Gasteiger partial charge in [0, 0.05) is 16.5 Å². The van der Waals surface area contributed by atoms with Gasteiger partial charge in [0.25, 0.3) is 0 Å². The van der Waals surface area contributed by atoms with Crippen LogP contribution in [0.25, 0.3) is 0 Å². The fourth-order valence-electron chi connectivity index (χ4n) is 2.00. The zero-order chi connectivity index (χ0) is 15.2. The molecule has 4 nitrogen and oxygen atoms in total. The third kappa shape index (κ3) is 4.63. The minimum Gasteiger partial charge on any atom is -0.450 e. The number of carbonyl (C=O) groups is 2. The van der Waals surface area contributed by atoms with Gasteiger partial charge in [0.05, 0.1) is 0 Å². The molecule has 0 unspecified atom stereocenters. The number of esters is 2. The van der Waals surface area contributed by atoms with Crippen LogP contribution < -0.4 is 4.74 Å². The van der Waals surface area contributed by atoms with Gasteiger partial charge in [-0.15, -0.1) is 0 Å². The molecule has 0 spiro atoms. The van der Waals surface area contributed by atoms with E-state index in [1.54, 1.807) is 12.1 Å². The molecule has 5 heteroatoms. The maximum atomic E-state index is 11.6. The summed E-state index contributed by atoms with van der Waals surface area (Å²) in [5.74, 6) is 1.80. The lowest BCUT2D eigenvalue weighted by Crippen LogP contribution is -2.19. The molecule has 1 heterocycles. The quantitative estimate of drug-likeness (QED) is 0.363. The summed E-state index contributed by atoms with van der Waals surface area (Å²) in [6.45, 7) is 4.56. The van der Waals surface area contributed by atoms with Gasteiger partial charge >= 0.3 is 11.9 Å². The second-order valence-corrected chi connectivity index (χ2v) is 7.18. The van der Waals surface area contributed by atoms with Crippen LogP contribution in [-0.2, 0) is 25.2 Å². The number of rotatable bonds is 5. The van der Waals surface area contributed by atoms with E-state index >= 15 is 0 Å². The average molecular weight is 307 g/mol. The molecule has 1 fully saturated rings. The molecular formula is C16H19O4S+. The molecule has 0 aromatic heterocycles. The van der Waals surface area contributed by atoms with Crippen molar-refractivity contribution in [3.05, 3.63) is 36.4 Å². The molecule has 1 saturated heterocycles. The summed E-state index contributed by atoms with van der Waals surface area (Å²) < 4.78 is 9.85. The summed E-state index contributed by atoms with van der Waals surface area (Å²) >= 11 is 0. The van der Waals surface area contributed by atoms with Crippen LogP contribution in [0.3, 0.4) is 0 Å². The Bertz CT molecular complexity index is 530. The van der Waals surface area contributed by atoms with E-state index in [0.717, 1.165) is 0 Å². The number of hydrogen-bond acceptors (Lipinski definition) is 4. The fraction of sp³-hybridized carbons (Fsp3) is 0.375. The largest absolute Gasteiger partial charge is 0.450 e. The minimum atomic E-state index is -0.597. The van der Waals surface area contributed by atoms with Gasteiger partial charge in [-0.1, -0.05) is 6.58 Å². The maximum absolute atomic E-state index is 11.6. The lowest BCUT2D eigenvalue weighted by molar-refractivity contribution is -0.150. The molecular weight excluding hydrogens is 288 g/mol. The van der Waals surface area contributed by atoms with Crippen molar-refractivity contribution in [1.82, 2.24) is 0 Å². The van der Waals surface area contributed by atoms with E-state index in [0.29, 0.717) is 16.6 Å². The molecule has 21 heavy (non-hydrogen) atoms. The first kappa shape index (κ1) is 15.6. The standard InChI is InChI=1S/C16H19O4S/c1-12(2)16(18)19-11-15(17)20-13-5-7-14(8-6-13)21-9-3-4-10-21/h5-8H,1,3-4,9-11H2,2H3/q+1. The molecule has 1 aliphatic rings. The maximum Gasteiger partial charge on any atom is 0.349 e. The lowest BCUT2D eigenvalue weighted by Gasteiger charge is -2.06. The SMILES string of the molecule is C=C(C)C(=O)OCC(=O)Oc1ccc([S+]2CCCC2)cc1. The van der Waals surface area contributed by atoms with Gasteiger partial charge in [-0.2, -0.15) is 0 Å². The van der Waals surface area contributed by atoms with Crippen LogP contribution in [0, 0.1) is 0 Å². The third-order valence-electron chi connectivity index (χ3n) is 3.09. The summed E-state index contributed by atoms with van der Waals surface area (Å²) in [5, 5.41) is 0. The molecule has 1 aromatic carbocycles. The van der Waals surface area contributed by atoms with Gasteiger partial charge in [-0.3, -0.25) is 0 Å². The van der Waals surface area contributed by atoms with E-state index in [9.17, 15) is 9.59 Å². The van der Waals surface area contributed by atoms with E-state index in [-0.39, 0.29) is 5.57 Å². The van der Waals surface area contributed by atoms with Crippen molar-refractivity contribution in [1.29, 1.82) is 0 Å². The highest BCUT2D eigenvalue weighted by Gasteiger charge is 2.26. The molecule has 0 atom stereocenters. The van der Waals surface area contributed by atoms with Crippen LogP contribution in [0.1, 0.15) is 19.8 Å². The number of hydrogen-bond donors (Lipinski definition) is 0. The third-order valence-corrected chi connectivity index (χ3v) is 5.59. The number of ether oxygens (including phenoxy) is 2. The molecule has 1 aliphatic heterocycles. The summed E-state index contributed by atoms with van der Waals surface area (Å²) in [5.41, 5.74) is 0.254. The second-order valence-electron chi connectivity index (χ2n) is 4.91. The van der Waals surface area contributed by atoms with Crippen molar-refractivity contribution in [2.45, 2.75) is 24.7 Å². The van der Waals surface area contributed by atoms with Crippen LogP contribution in [0.5, 0.6) is 5.75 Å². The Labute approximate surface area is 127 Å². The van der Waals surface area contributed by atoms with Gasteiger partial charge in [0.1, 0.15) is 17.3 Å². The molecule has 0 aliphatic carbocycles. The second kappa shape index (κ2) is 7.31. The smallest absolute Gasteiger partial charge is 0.349 e. The molecule has 0 saturated carbocycles. The van der Waals surface area contributed by atoms with Crippen molar-refractivity contribution in [2.24, 2.45) is 0 Å². The van der Waals surface area contributed by atoms with Crippen LogP contribution in [0.15, 0.2) is 41.3 Å². The van der Waals surface area contributed by atoms with E-state index in [1.807, 2.05) is 12.1 Å². The summed E-state index contributed by atoms with van der Waals surface area (Å²) in [4.78, 5) is 24.0. The van der Waals surface area contributed by atoms with Crippen LogP contribution in [0.2, 0.25) is 0 Å². The predicted octanol–water partition coefficient (Wildman–Crippen LogP) is 2.48. The lowest BCUT2D eigenvalue weighted by atomic mass is 10.3. The van der Waals surface area contributed by atoms with Gasteiger partial charge < -0.3 is 9.47 Å². The minimum absolute atomic E-state index is 0.254. The Balaban J connectivity index is 1.83. The molecule has 112 valence electrons. The van der Waals surface area contributed by atoms with Crippen molar-refractivity contribution in [3.63, 3.8) is 0 Å². The zero-order valence-corrected chi connectivity index (χ0v) is 12.9. The first-order valence-electron chi connectivity index (χ1n) is 6.87. The highest BCUT2D eigenvalue weighted by molar-refractivity contribution is 7.97. The van der Waals surface area contributed by atoms with E-state index < -0.39 is 18.5 Å². The van der Waals surface area contributed by atoms with Gasteiger partial charge in [0.2, 0.25) is 0 Å². The zero-order valence-electron chi connectivity index (χ0n) is 12.1. The Morgan fingerprint density at radius 1 is 1.19 bits per heavy atom. The Kier molecular flexibility index (Phi) is 5.44. The summed E-state index contributed by atoms with van der Waals surface area (Å²) in [7, 11) is 0.354. The predicted molar refractivity (Wildman–Crippen MR) is 82.4 cm³/mol. The highest BCUT2D eigenvalue weighted by atomic mass is 32.2. The summed E-state index contributed by atoms with van der Waals surface area (Å²) in [6.07, 6.45) is 2.60. The molecule has 1 aromatic rings. The highest BCUT2D eigenvalue weighted by Crippen LogP contribution is 2.24. The first-order valence-corrected chi connectivity index (χ1v) is 8.43. The van der Waals surface area contributed by atoms with Crippen molar-refractivity contribution in [3.8, 4) is 5.75 Å². The summed E-state index contributed by atoms with van der Waals surface area (Å²) in [6, 6.07) is 7.60. The van der Waals surface area contributed by atoms with Crippen LogP contribution >= 0.6 is 0 Å². The van der Waals surface area contributed by atoms with Crippen LogP contribution in [0.4, 0.5) is 0 Å². The Hall–Kier alpha value is -1.75. The number of carbonyl (C=O) groups excluding carboxylic acids is 2. The van der Waals surface area contributed by atoms with E-state index in [4.69, 9.17) is 9.47 Å². The van der Waals surface area contributed by atoms with Crippen LogP contribution in [-0.4, -0.2) is 30.1 Å². The first-order chi connectivity index (χ1) is 10.1. The molecule has 2 rings (SSSR count). The van der Waals surface area contributed by atoms with E-state index in [1.165, 1.54) is 36.2 Å². The van der Waals surface area contributed by atoms with Crippen molar-refractivity contribution < 1.29 is 19.1 Å². The van der Waals surface area contributed by atoms with E-state index in [2.05, 4.69) is 6.58 Å². The molecule has 0 bridgehead atoms. The monoisotopic (exact) mass is 307 g/mol. The van der Waals surface area contributed by atoms with Gasteiger partial charge in [0.15, 0.2) is 11.5 Å². The van der Waals surface area contributed by atoms with Gasteiger partial charge in [-0.05, 0) is 44.0 Å². The van der Waals surface area contributed by atoms with Crippen molar-refractivity contribution >= 4 is 22.8 Å². The fourth-order valence-corrected chi connectivity index (χ4v) is 4.30. The molecule has 0 N–H and O–H groups in total. The van der Waals surface area contributed by atoms with Gasteiger partial charge in [-0.25, -0.2) is 9.59 Å². The average Bonchev–Trinajstić information content (AvgIpc) is 2.99. The Morgan fingerprint density at radius 2 is 1.81 bits per heavy atom. The molecule has 0 radical (unpaired) electrons.